The van der Waals surface area contributed by atoms with Crippen LogP contribution in [0.2, 0.25) is 0 Å². The van der Waals surface area contributed by atoms with Gasteiger partial charge in [-0.1, -0.05) is 170 Å². The third kappa shape index (κ3) is 44.6. The van der Waals surface area contributed by atoms with Crippen molar-refractivity contribution in [2.45, 2.75) is 187 Å². The molecule has 1 unspecified atom stereocenters. The highest BCUT2D eigenvalue weighted by atomic mass is 31.2. The minimum atomic E-state index is -4.40. The zero-order valence-electron chi connectivity index (χ0n) is 37.2. The van der Waals surface area contributed by atoms with E-state index < -0.39 is 32.5 Å². The fraction of sp³-hybridized carbons (Fsp3) is 0.673. The predicted octanol–water partition coefficient (Wildman–Crippen LogP) is 13.6. The van der Waals surface area contributed by atoms with E-state index in [0.29, 0.717) is 12.8 Å². The first kappa shape index (κ1) is 56.2. The number of hydrogen-bond donors (Lipinski definition) is 2. The SMILES string of the molecule is CCCCC/C=C\C/C=C\CCCCCCCCCCCC(=O)OC[C@H](COP(=O)(O)OCCN)OC(=O)CC/C=C\C/C=C\C/C=C\C/C=C/C/C=C/CCCCC. The lowest BCUT2D eigenvalue weighted by Crippen LogP contribution is -2.29. The van der Waals surface area contributed by atoms with E-state index in [9.17, 15) is 19.0 Å². The van der Waals surface area contributed by atoms with Gasteiger partial charge >= 0.3 is 19.8 Å². The topological polar surface area (TPSA) is 134 Å². The average molecular weight is 846 g/mol. The van der Waals surface area contributed by atoms with Gasteiger partial charge in [0.05, 0.1) is 13.2 Å². The van der Waals surface area contributed by atoms with Crippen molar-refractivity contribution in [2.24, 2.45) is 5.73 Å². The van der Waals surface area contributed by atoms with Gasteiger partial charge in [-0.25, -0.2) is 4.57 Å². The number of phosphoric ester groups is 1. The fourth-order valence-electron chi connectivity index (χ4n) is 5.82. The number of esters is 2. The number of hydrogen-bond acceptors (Lipinski definition) is 8. The van der Waals surface area contributed by atoms with E-state index in [4.69, 9.17) is 24.3 Å². The van der Waals surface area contributed by atoms with Gasteiger partial charge in [-0.2, -0.15) is 0 Å². The van der Waals surface area contributed by atoms with Gasteiger partial charge in [0.1, 0.15) is 6.61 Å². The highest BCUT2D eigenvalue weighted by Crippen LogP contribution is 2.43. The lowest BCUT2D eigenvalue weighted by atomic mass is 10.1. The Balaban J connectivity index is 4.26. The Morgan fingerprint density at radius 3 is 1.37 bits per heavy atom. The van der Waals surface area contributed by atoms with Crippen LogP contribution in [0, 0.1) is 0 Å². The molecule has 0 saturated heterocycles. The standard InChI is InChI=1S/C49H84NO8P/c1-3-5-7-9-11-13-15-17-19-21-23-25-27-29-31-33-35-37-39-41-48(51)55-45-47(46-57-59(53,54)56-44-43-50)58-49(52)42-40-38-36-34-32-30-28-26-24-22-20-18-16-14-12-10-8-6-4-2/h11-14,17-20,24,26,30,32,36,38,47H,3-10,15-16,21-23,25,27-29,31,33-35,37,39-46,50H2,1-2H3,(H,53,54)/b13-11-,14-12+,19-17-,20-18+,26-24-,32-30-,38-36-/t47-/m1/s1. The molecule has 2 atom stereocenters. The van der Waals surface area contributed by atoms with Crippen molar-refractivity contribution >= 4 is 19.8 Å². The smallest absolute Gasteiger partial charge is 0.462 e. The summed E-state index contributed by atoms with van der Waals surface area (Å²) >= 11 is 0. The van der Waals surface area contributed by atoms with Gasteiger partial charge in [-0.05, 0) is 83.5 Å². The van der Waals surface area contributed by atoms with Crippen molar-refractivity contribution < 1.29 is 37.6 Å². The van der Waals surface area contributed by atoms with Crippen LogP contribution in [0.25, 0.3) is 0 Å². The summed E-state index contributed by atoms with van der Waals surface area (Å²) in [5.74, 6) is -0.935. The number of carbonyl (C=O) groups excluding carboxylic acids is 2. The van der Waals surface area contributed by atoms with Crippen molar-refractivity contribution in [1.29, 1.82) is 0 Å². The van der Waals surface area contributed by atoms with Gasteiger partial charge in [-0.3, -0.25) is 18.6 Å². The molecule has 0 spiro atoms. The van der Waals surface area contributed by atoms with Gasteiger partial charge < -0.3 is 20.1 Å². The summed E-state index contributed by atoms with van der Waals surface area (Å²) in [4.78, 5) is 34.9. The van der Waals surface area contributed by atoms with Crippen LogP contribution in [0.5, 0.6) is 0 Å². The van der Waals surface area contributed by atoms with Crippen molar-refractivity contribution in [3.05, 3.63) is 85.1 Å². The fourth-order valence-corrected chi connectivity index (χ4v) is 6.59. The second kappa shape index (κ2) is 44.7. The third-order valence-corrected chi connectivity index (χ3v) is 10.3. The maximum atomic E-state index is 12.6. The largest absolute Gasteiger partial charge is 0.472 e. The number of phosphoric acid groups is 1. The van der Waals surface area contributed by atoms with Crippen molar-refractivity contribution in [1.82, 2.24) is 0 Å². The van der Waals surface area contributed by atoms with Gasteiger partial charge in [0.2, 0.25) is 0 Å². The lowest BCUT2D eigenvalue weighted by molar-refractivity contribution is -0.161. The molecule has 0 saturated carbocycles. The van der Waals surface area contributed by atoms with E-state index in [1.54, 1.807) is 0 Å². The van der Waals surface area contributed by atoms with Gasteiger partial charge in [0, 0.05) is 19.4 Å². The van der Waals surface area contributed by atoms with Crippen LogP contribution in [0.4, 0.5) is 0 Å². The molecular weight excluding hydrogens is 762 g/mol. The van der Waals surface area contributed by atoms with Gasteiger partial charge in [-0.15, -0.1) is 0 Å². The number of carbonyl (C=O) groups is 2. The monoisotopic (exact) mass is 846 g/mol. The number of ether oxygens (including phenoxy) is 2. The van der Waals surface area contributed by atoms with E-state index in [1.807, 2.05) is 12.2 Å². The zero-order valence-corrected chi connectivity index (χ0v) is 38.1. The van der Waals surface area contributed by atoms with E-state index in [1.165, 1.54) is 83.5 Å². The van der Waals surface area contributed by atoms with Gasteiger partial charge in [0.15, 0.2) is 6.10 Å². The Morgan fingerprint density at radius 2 is 0.915 bits per heavy atom. The number of allylic oxidation sites excluding steroid dienone is 14. The highest BCUT2D eigenvalue weighted by molar-refractivity contribution is 7.47. The Labute approximate surface area is 360 Å². The summed E-state index contributed by atoms with van der Waals surface area (Å²) in [5.41, 5.74) is 5.35. The summed E-state index contributed by atoms with van der Waals surface area (Å²) in [6.07, 6.45) is 56.2. The normalized spacial score (nSPS) is 14.0. The summed E-state index contributed by atoms with van der Waals surface area (Å²) in [7, 11) is -4.40. The van der Waals surface area contributed by atoms with Crippen LogP contribution in [-0.2, 0) is 32.7 Å². The van der Waals surface area contributed by atoms with Gasteiger partial charge in [0.25, 0.3) is 0 Å². The van der Waals surface area contributed by atoms with Crippen LogP contribution in [0.15, 0.2) is 85.1 Å². The number of nitrogens with two attached hydrogens (primary N) is 1. The van der Waals surface area contributed by atoms with E-state index >= 15 is 0 Å². The molecule has 0 rings (SSSR count). The van der Waals surface area contributed by atoms with E-state index in [0.717, 1.165) is 57.8 Å². The van der Waals surface area contributed by atoms with E-state index in [2.05, 4.69) is 86.8 Å². The molecule has 59 heavy (non-hydrogen) atoms. The molecule has 338 valence electrons. The summed E-state index contributed by atoms with van der Waals surface area (Å²) < 4.78 is 32.7. The maximum Gasteiger partial charge on any atom is 0.472 e. The molecule has 0 radical (unpaired) electrons. The average Bonchev–Trinajstić information content (AvgIpc) is 3.22. The molecule has 0 heterocycles. The minimum absolute atomic E-state index is 0.0375. The Bertz CT molecular complexity index is 1240. The summed E-state index contributed by atoms with van der Waals surface area (Å²) in [6.45, 7) is 3.58. The first-order valence-corrected chi connectivity index (χ1v) is 24.6. The maximum absolute atomic E-state index is 12.6. The second-order valence-electron chi connectivity index (χ2n) is 14.9. The van der Waals surface area contributed by atoms with Crippen LogP contribution in [0.3, 0.4) is 0 Å². The molecule has 3 N–H and O–H groups in total. The highest BCUT2D eigenvalue weighted by Gasteiger charge is 2.25. The lowest BCUT2D eigenvalue weighted by Gasteiger charge is -2.19. The molecule has 0 aromatic heterocycles. The molecule has 0 amide bonds. The van der Waals surface area contributed by atoms with Crippen LogP contribution in [-0.4, -0.2) is 49.3 Å². The quantitative estimate of drug-likeness (QED) is 0.0266. The summed E-state index contributed by atoms with van der Waals surface area (Å²) in [5, 5.41) is 0. The Morgan fingerprint density at radius 1 is 0.508 bits per heavy atom. The van der Waals surface area contributed by atoms with E-state index in [-0.39, 0.29) is 32.6 Å². The zero-order chi connectivity index (χ0) is 43.2. The third-order valence-electron chi connectivity index (χ3n) is 9.27. The Hall–Kier alpha value is -2.81. The van der Waals surface area contributed by atoms with Crippen molar-refractivity contribution in [3.8, 4) is 0 Å². The van der Waals surface area contributed by atoms with Crippen LogP contribution in [0.1, 0.15) is 181 Å². The van der Waals surface area contributed by atoms with Crippen molar-refractivity contribution in [3.63, 3.8) is 0 Å². The molecule has 0 fully saturated rings. The number of rotatable bonds is 42. The van der Waals surface area contributed by atoms with Crippen molar-refractivity contribution in [2.75, 3.05) is 26.4 Å². The summed E-state index contributed by atoms with van der Waals surface area (Å²) in [6, 6.07) is 0. The first-order chi connectivity index (χ1) is 28.8. The van der Waals surface area contributed by atoms with Crippen LogP contribution < -0.4 is 5.73 Å². The molecule has 9 nitrogen and oxygen atoms in total. The molecular formula is C49H84NO8P. The predicted molar refractivity (Wildman–Crippen MR) is 247 cm³/mol. The molecule has 0 aliphatic heterocycles. The Kier molecular flexibility index (Phi) is 42.6. The molecule has 0 aliphatic rings. The van der Waals surface area contributed by atoms with Crippen LogP contribution >= 0.6 is 7.82 Å². The molecule has 0 bridgehead atoms. The molecule has 0 aromatic rings. The molecule has 10 heteroatoms. The second-order valence-corrected chi connectivity index (χ2v) is 16.4. The molecule has 0 aromatic carbocycles. The minimum Gasteiger partial charge on any atom is -0.462 e. The first-order valence-electron chi connectivity index (χ1n) is 23.1. The molecule has 0 aliphatic carbocycles. The number of unbranched alkanes of at least 4 members (excludes halogenated alkanes) is 15.